The number of carbonyl (C=O) groups excluding carboxylic acids is 1. The molecule has 2 aromatic carbocycles. The van der Waals surface area contributed by atoms with Gasteiger partial charge in [-0.15, -0.1) is 11.3 Å². The van der Waals surface area contributed by atoms with E-state index in [0.717, 1.165) is 16.8 Å². The topological polar surface area (TPSA) is 64.3 Å². The zero-order chi connectivity index (χ0) is 22.1. The Morgan fingerprint density at radius 3 is 2.32 bits per heavy atom. The zero-order valence-electron chi connectivity index (χ0n) is 17.7. The van der Waals surface area contributed by atoms with Gasteiger partial charge < -0.3 is 4.90 Å². The van der Waals surface area contributed by atoms with Crippen LogP contribution in [0.25, 0.3) is 15.9 Å². The van der Waals surface area contributed by atoms with E-state index in [4.69, 9.17) is 0 Å². The van der Waals surface area contributed by atoms with E-state index in [1.807, 2.05) is 69.3 Å². The normalized spacial score (nSPS) is 11.1. The Balaban J connectivity index is 1.87. The van der Waals surface area contributed by atoms with Gasteiger partial charge in [0.15, 0.2) is 0 Å². The second-order valence-electron chi connectivity index (χ2n) is 7.46. The van der Waals surface area contributed by atoms with Crippen LogP contribution in [0, 0.1) is 13.8 Å². The Kier molecular flexibility index (Phi) is 5.61. The summed E-state index contributed by atoms with van der Waals surface area (Å²) in [5.74, 6) is -0.214. The molecule has 0 N–H and O–H groups in total. The summed E-state index contributed by atoms with van der Waals surface area (Å²) < 4.78 is 3.03. The highest BCUT2D eigenvalue weighted by Crippen LogP contribution is 2.19. The predicted octanol–water partition coefficient (Wildman–Crippen LogP) is 3.88. The highest BCUT2D eigenvalue weighted by molar-refractivity contribution is 7.17. The lowest BCUT2D eigenvalue weighted by atomic mass is 10.1. The number of aromatic nitrogens is 2. The third-order valence-electron chi connectivity index (χ3n) is 5.20. The molecule has 0 bridgehead atoms. The molecule has 7 heteroatoms. The van der Waals surface area contributed by atoms with Crippen LogP contribution in [-0.4, -0.2) is 21.6 Å². The van der Waals surface area contributed by atoms with Crippen LogP contribution in [0.15, 0.2) is 69.6 Å². The molecule has 2 heterocycles. The second-order valence-corrected chi connectivity index (χ2v) is 8.38. The van der Waals surface area contributed by atoms with Gasteiger partial charge in [0, 0.05) is 12.2 Å². The van der Waals surface area contributed by atoms with Crippen LogP contribution in [0.1, 0.15) is 18.1 Å². The van der Waals surface area contributed by atoms with Crippen LogP contribution in [0.4, 0.5) is 5.69 Å². The van der Waals surface area contributed by atoms with Crippen molar-refractivity contribution >= 4 is 33.1 Å². The van der Waals surface area contributed by atoms with E-state index in [9.17, 15) is 14.4 Å². The number of aryl methyl sites for hydroxylation is 2. The molecule has 0 atom stereocenters. The summed E-state index contributed by atoms with van der Waals surface area (Å²) in [4.78, 5) is 41.4. The van der Waals surface area contributed by atoms with Gasteiger partial charge in [0.25, 0.3) is 5.56 Å². The fourth-order valence-electron chi connectivity index (χ4n) is 3.88. The minimum Gasteiger partial charge on any atom is -0.311 e. The van der Waals surface area contributed by atoms with Crippen LogP contribution < -0.4 is 16.1 Å². The molecule has 0 saturated heterocycles. The fraction of sp³-hybridized carbons (Fsp3) is 0.208. The quantitative estimate of drug-likeness (QED) is 0.480. The van der Waals surface area contributed by atoms with Crippen LogP contribution in [0.5, 0.6) is 0 Å². The fourth-order valence-corrected chi connectivity index (χ4v) is 4.70. The summed E-state index contributed by atoms with van der Waals surface area (Å²) in [6.45, 7) is 6.06. The van der Waals surface area contributed by atoms with Crippen molar-refractivity contribution in [2.75, 3.05) is 11.4 Å². The Morgan fingerprint density at radius 2 is 1.68 bits per heavy atom. The number of hydrogen-bond acceptors (Lipinski definition) is 4. The van der Waals surface area contributed by atoms with Crippen molar-refractivity contribution in [3.63, 3.8) is 0 Å². The predicted molar refractivity (Wildman–Crippen MR) is 126 cm³/mol. The van der Waals surface area contributed by atoms with E-state index in [0.29, 0.717) is 22.4 Å². The van der Waals surface area contributed by atoms with Crippen LogP contribution in [0.2, 0.25) is 0 Å². The molecular weight excluding hydrogens is 410 g/mol. The van der Waals surface area contributed by atoms with Crippen LogP contribution in [0.3, 0.4) is 0 Å². The first-order chi connectivity index (χ1) is 14.9. The van der Waals surface area contributed by atoms with E-state index < -0.39 is 5.69 Å². The molecule has 0 spiro atoms. The highest BCUT2D eigenvalue weighted by atomic mass is 32.1. The molecule has 2 aromatic heterocycles. The lowest BCUT2D eigenvalue weighted by Crippen LogP contribution is -2.42. The first kappa shape index (κ1) is 20.8. The van der Waals surface area contributed by atoms with Crippen LogP contribution in [-0.2, 0) is 11.3 Å². The van der Waals surface area contributed by atoms with Gasteiger partial charge in [-0.2, -0.15) is 0 Å². The zero-order valence-corrected chi connectivity index (χ0v) is 18.5. The summed E-state index contributed by atoms with van der Waals surface area (Å²) in [6.07, 6.45) is 0. The van der Waals surface area contributed by atoms with E-state index in [1.165, 1.54) is 20.5 Å². The largest absolute Gasteiger partial charge is 0.336 e. The van der Waals surface area contributed by atoms with Crippen molar-refractivity contribution in [3.05, 3.63) is 91.9 Å². The van der Waals surface area contributed by atoms with E-state index in [2.05, 4.69) is 0 Å². The highest BCUT2D eigenvalue weighted by Gasteiger charge is 2.20. The molecule has 0 aliphatic carbocycles. The van der Waals surface area contributed by atoms with Gasteiger partial charge in [-0.3, -0.25) is 14.2 Å². The number of amides is 1. The number of rotatable bonds is 5. The minimum atomic E-state index is -0.515. The third-order valence-corrected chi connectivity index (χ3v) is 6.09. The standard InChI is InChI=1S/C24H23N3O3S/c1-4-25(18-8-6-5-7-9-18)21(28)15-26-20-10-11-31-22(20)23(29)27(24(26)30)19-13-16(2)12-17(3)14-19/h5-14H,4,15H2,1-3H3. The average Bonchev–Trinajstić information content (AvgIpc) is 3.22. The smallest absolute Gasteiger partial charge is 0.311 e. The molecule has 1 amide bonds. The number of anilines is 1. The number of fused-ring (bicyclic) bond motifs is 1. The second kappa shape index (κ2) is 8.35. The Labute approximate surface area is 183 Å². The molecule has 0 fully saturated rings. The van der Waals surface area contributed by atoms with Gasteiger partial charge in [-0.1, -0.05) is 24.3 Å². The molecule has 31 heavy (non-hydrogen) atoms. The first-order valence-electron chi connectivity index (χ1n) is 10.1. The lowest BCUT2D eigenvalue weighted by Gasteiger charge is -2.22. The summed E-state index contributed by atoms with van der Waals surface area (Å²) in [6, 6.07) is 16.7. The molecule has 0 aliphatic heterocycles. The van der Waals surface area contributed by atoms with Crippen molar-refractivity contribution < 1.29 is 4.79 Å². The average molecular weight is 434 g/mol. The maximum atomic E-state index is 13.5. The molecule has 158 valence electrons. The Hall–Kier alpha value is -3.45. The lowest BCUT2D eigenvalue weighted by molar-refractivity contribution is -0.119. The molecule has 0 saturated carbocycles. The number of hydrogen-bond donors (Lipinski definition) is 0. The molecule has 0 radical (unpaired) electrons. The first-order valence-corrected chi connectivity index (χ1v) is 11.0. The molecule has 0 aliphatic rings. The summed E-state index contributed by atoms with van der Waals surface area (Å²) in [7, 11) is 0. The number of benzene rings is 2. The van der Waals surface area contributed by atoms with Crippen molar-refractivity contribution in [2.24, 2.45) is 0 Å². The Morgan fingerprint density at radius 1 is 1.00 bits per heavy atom. The third kappa shape index (κ3) is 3.84. The van der Waals surface area contributed by atoms with E-state index in [1.54, 1.807) is 16.3 Å². The minimum absolute atomic E-state index is 0.153. The maximum Gasteiger partial charge on any atom is 0.336 e. The van der Waals surface area contributed by atoms with Crippen LogP contribution >= 0.6 is 11.3 Å². The van der Waals surface area contributed by atoms with E-state index in [-0.39, 0.29) is 18.0 Å². The van der Waals surface area contributed by atoms with Gasteiger partial charge in [0.1, 0.15) is 11.2 Å². The number of nitrogens with zero attached hydrogens (tertiary/aromatic N) is 3. The molecule has 6 nitrogen and oxygen atoms in total. The number of carbonyl (C=O) groups is 1. The van der Waals surface area contributed by atoms with Gasteiger partial charge in [0.2, 0.25) is 5.91 Å². The summed E-state index contributed by atoms with van der Waals surface area (Å²) >= 11 is 1.27. The monoisotopic (exact) mass is 433 g/mol. The van der Waals surface area contributed by atoms with Crippen molar-refractivity contribution in [3.8, 4) is 5.69 Å². The van der Waals surface area contributed by atoms with Gasteiger partial charge >= 0.3 is 5.69 Å². The van der Waals surface area contributed by atoms with Gasteiger partial charge in [-0.05, 0) is 67.6 Å². The van der Waals surface area contributed by atoms with Crippen molar-refractivity contribution in [1.82, 2.24) is 9.13 Å². The molecular formula is C24H23N3O3S. The summed E-state index contributed by atoms with van der Waals surface area (Å²) in [5.41, 5.74) is 2.80. The SMILES string of the molecule is CCN(C(=O)Cn1c(=O)n(-c2cc(C)cc(C)c2)c(=O)c2sccc21)c1ccccc1. The number of thiophene rings is 1. The number of likely N-dealkylation sites (N-methyl/N-ethyl adjacent to an activating group) is 1. The maximum absolute atomic E-state index is 13.5. The van der Waals surface area contributed by atoms with E-state index >= 15 is 0 Å². The Bertz CT molecular complexity index is 1360. The summed E-state index contributed by atoms with van der Waals surface area (Å²) in [5, 5.41) is 1.77. The van der Waals surface area contributed by atoms with Crippen molar-refractivity contribution in [2.45, 2.75) is 27.3 Å². The van der Waals surface area contributed by atoms with Gasteiger partial charge in [-0.25, -0.2) is 9.36 Å². The van der Waals surface area contributed by atoms with Crippen molar-refractivity contribution in [1.29, 1.82) is 0 Å². The van der Waals surface area contributed by atoms with Gasteiger partial charge in [0.05, 0.1) is 11.2 Å². The molecule has 0 unspecified atom stereocenters. The molecule has 4 aromatic rings. The molecule has 4 rings (SSSR count). The number of para-hydroxylation sites is 1.